The number of hydrogen-bond donors (Lipinski definition) is 0. The second kappa shape index (κ2) is 11.7. The zero-order valence-corrected chi connectivity index (χ0v) is 21.8. The van der Waals surface area contributed by atoms with Crippen LogP contribution < -0.4 is 21.2 Å². The van der Waals surface area contributed by atoms with Crippen LogP contribution in [-0.4, -0.2) is 12.3 Å². The summed E-state index contributed by atoms with van der Waals surface area (Å²) in [5, 5.41) is 6.14. The first kappa shape index (κ1) is 23.9. The molecule has 0 nitrogen and oxygen atoms in total. The summed E-state index contributed by atoms with van der Waals surface area (Å²) in [4.78, 5) is 0. The molecule has 0 spiro atoms. The van der Waals surface area contributed by atoms with Crippen LogP contribution >= 0.6 is 15.8 Å². The summed E-state index contributed by atoms with van der Waals surface area (Å²) in [6.45, 7) is 6.81. The topological polar surface area (TPSA) is 0 Å². The summed E-state index contributed by atoms with van der Waals surface area (Å²) in [6, 6.07) is 38.2. The van der Waals surface area contributed by atoms with Crippen LogP contribution in [0, 0.1) is 20.8 Å². The van der Waals surface area contributed by atoms with Gasteiger partial charge in [0.15, 0.2) is 0 Å². The molecule has 1 atom stereocenters. The lowest BCUT2D eigenvalue weighted by Crippen LogP contribution is -2.19. The molecular formula is C31H34P2. The quantitative estimate of drug-likeness (QED) is 0.184. The lowest BCUT2D eigenvalue weighted by atomic mass is 10.2. The molecule has 0 aliphatic heterocycles. The van der Waals surface area contributed by atoms with E-state index >= 15 is 0 Å². The van der Waals surface area contributed by atoms with Gasteiger partial charge >= 0.3 is 0 Å². The highest BCUT2D eigenvalue weighted by Crippen LogP contribution is 2.39. The molecule has 33 heavy (non-hydrogen) atoms. The first-order valence-corrected chi connectivity index (χ1v) is 15.0. The van der Waals surface area contributed by atoms with Crippen molar-refractivity contribution in [2.45, 2.75) is 33.6 Å². The molecule has 1 unspecified atom stereocenters. The Bertz CT molecular complexity index is 1120. The number of hydrogen-bond acceptors (Lipinski definition) is 0. The molecule has 4 aromatic rings. The van der Waals surface area contributed by atoms with Crippen molar-refractivity contribution in [3.8, 4) is 0 Å². The van der Waals surface area contributed by atoms with Crippen LogP contribution in [0.2, 0.25) is 0 Å². The Morgan fingerprint density at radius 3 is 1.24 bits per heavy atom. The molecule has 0 amide bonds. The molecule has 4 rings (SSSR count). The van der Waals surface area contributed by atoms with Gasteiger partial charge in [-0.1, -0.05) is 103 Å². The summed E-state index contributed by atoms with van der Waals surface area (Å²) >= 11 is 0. The highest BCUT2D eigenvalue weighted by Gasteiger charge is 2.19. The van der Waals surface area contributed by atoms with E-state index in [1.807, 2.05) is 0 Å². The summed E-state index contributed by atoms with van der Waals surface area (Å²) in [5.41, 5.74) is 4.28. The van der Waals surface area contributed by atoms with E-state index in [9.17, 15) is 0 Å². The van der Waals surface area contributed by atoms with Gasteiger partial charge in [0, 0.05) is 0 Å². The van der Waals surface area contributed by atoms with E-state index in [1.165, 1.54) is 47.2 Å². The lowest BCUT2D eigenvalue weighted by Gasteiger charge is -2.24. The van der Waals surface area contributed by atoms with Crippen molar-refractivity contribution in [2.75, 3.05) is 12.3 Å². The number of unbranched alkanes of at least 4 members (excludes halogenated alkanes) is 1. The van der Waals surface area contributed by atoms with Crippen molar-refractivity contribution < 1.29 is 0 Å². The van der Waals surface area contributed by atoms with E-state index in [4.69, 9.17) is 0 Å². The molecule has 168 valence electrons. The predicted octanol–water partition coefficient (Wildman–Crippen LogP) is 6.96. The van der Waals surface area contributed by atoms with Gasteiger partial charge in [0.1, 0.15) is 0 Å². The standard InChI is InChI=1S/C31H34P2/c1-25-15-7-10-20-29(25)32(28-18-5-4-6-19-28)23-13-14-24-33(30-21-11-8-16-26(30)2)31-22-12-9-17-27(31)3/h4-12,15-22H,13-14,23-24H2,1-3H3. The molecule has 0 fully saturated rings. The molecule has 0 saturated carbocycles. The summed E-state index contributed by atoms with van der Waals surface area (Å²) in [6.07, 6.45) is 5.06. The van der Waals surface area contributed by atoms with Gasteiger partial charge in [0.2, 0.25) is 0 Å². The highest BCUT2D eigenvalue weighted by atomic mass is 31.1. The summed E-state index contributed by atoms with van der Waals surface area (Å²) in [5.74, 6) is 0. The van der Waals surface area contributed by atoms with Crippen molar-refractivity contribution in [1.29, 1.82) is 0 Å². The molecule has 0 aliphatic carbocycles. The van der Waals surface area contributed by atoms with Crippen LogP contribution in [0.15, 0.2) is 103 Å². The van der Waals surface area contributed by atoms with Crippen LogP contribution in [0.1, 0.15) is 29.5 Å². The first-order valence-electron chi connectivity index (χ1n) is 11.9. The second-order valence-corrected chi connectivity index (χ2v) is 13.3. The third-order valence-corrected chi connectivity index (χ3v) is 12.0. The van der Waals surface area contributed by atoms with Crippen LogP contribution in [0.4, 0.5) is 0 Å². The van der Waals surface area contributed by atoms with Gasteiger partial charge in [0.05, 0.1) is 0 Å². The SMILES string of the molecule is Cc1ccccc1P(CCCCP(c1ccccc1C)c1ccccc1C)c1ccccc1. The Kier molecular flexibility index (Phi) is 8.50. The predicted molar refractivity (Wildman–Crippen MR) is 151 cm³/mol. The molecule has 2 heteroatoms. The molecule has 4 aromatic carbocycles. The fraction of sp³-hybridized carbons (Fsp3) is 0.226. The minimum absolute atomic E-state index is 0.316. The van der Waals surface area contributed by atoms with Gasteiger partial charge in [-0.05, 0) is 99.7 Å². The maximum Gasteiger partial charge on any atom is -0.0166 e. The number of aryl methyl sites for hydroxylation is 3. The third-order valence-electron chi connectivity index (χ3n) is 6.30. The van der Waals surface area contributed by atoms with Crippen molar-refractivity contribution in [1.82, 2.24) is 0 Å². The Morgan fingerprint density at radius 2 is 0.788 bits per heavy atom. The van der Waals surface area contributed by atoms with Gasteiger partial charge in [-0.15, -0.1) is 0 Å². The Balaban J connectivity index is 1.52. The maximum absolute atomic E-state index is 2.36. The average molecular weight is 469 g/mol. The van der Waals surface area contributed by atoms with E-state index in [0.29, 0.717) is 0 Å². The molecule has 0 aliphatic rings. The molecule has 0 radical (unpaired) electrons. The molecule has 0 heterocycles. The summed E-state index contributed by atoms with van der Waals surface area (Å²) in [7, 11) is -0.647. The average Bonchev–Trinajstić information content (AvgIpc) is 2.84. The van der Waals surface area contributed by atoms with Crippen molar-refractivity contribution >= 4 is 37.1 Å². The van der Waals surface area contributed by atoms with Gasteiger partial charge in [0.25, 0.3) is 0 Å². The smallest absolute Gasteiger partial charge is 0.0166 e. The fourth-order valence-corrected chi connectivity index (χ4v) is 9.94. The second-order valence-electron chi connectivity index (χ2n) is 8.71. The Labute approximate surface area is 202 Å². The Morgan fingerprint density at radius 1 is 0.424 bits per heavy atom. The van der Waals surface area contributed by atoms with E-state index < -0.39 is 0 Å². The summed E-state index contributed by atoms with van der Waals surface area (Å²) < 4.78 is 0. The first-order chi connectivity index (χ1) is 16.1. The minimum Gasteiger partial charge on any atom is -0.0622 e. The highest BCUT2D eigenvalue weighted by molar-refractivity contribution is 7.73. The van der Waals surface area contributed by atoms with E-state index in [0.717, 1.165) is 0 Å². The molecule has 0 bridgehead atoms. The monoisotopic (exact) mass is 468 g/mol. The molecule has 0 aromatic heterocycles. The molecule has 0 saturated heterocycles. The number of benzene rings is 4. The third kappa shape index (κ3) is 6.00. The number of rotatable bonds is 9. The van der Waals surface area contributed by atoms with Crippen LogP contribution in [0.3, 0.4) is 0 Å². The van der Waals surface area contributed by atoms with Crippen molar-refractivity contribution in [3.05, 3.63) is 120 Å². The van der Waals surface area contributed by atoms with Gasteiger partial charge < -0.3 is 0 Å². The Hall–Kier alpha value is -2.26. The molecular weight excluding hydrogens is 434 g/mol. The van der Waals surface area contributed by atoms with Crippen molar-refractivity contribution in [3.63, 3.8) is 0 Å². The zero-order chi connectivity index (χ0) is 23.0. The van der Waals surface area contributed by atoms with Crippen LogP contribution in [0.25, 0.3) is 0 Å². The maximum atomic E-state index is 2.36. The normalized spacial score (nSPS) is 12.1. The molecule has 0 N–H and O–H groups in total. The fourth-order valence-electron chi connectivity index (χ4n) is 4.51. The minimum atomic E-state index is -0.331. The van der Waals surface area contributed by atoms with E-state index in [2.05, 4.69) is 124 Å². The van der Waals surface area contributed by atoms with Crippen LogP contribution in [-0.2, 0) is 0 Å². The van der Waals surface area contributed by atoms with E-state index in [1.54, 1.807) is 15.9 Å². The van der Waals surface area contributed by atoms with Gasteiger partial charge in [-0.25, -0.2) is 0 Å². The lowest BCUT2D eigenvalue weighted by molar-refractivity contribution is 0.901. The van der Waals surface area contributed by atoms with E-state index in [-0.39, 0.29) is 15.8 Å². The van der Waals surface area contributed by atoms with Crippen molar-refractivity contribution in [2.24, 2.45) is 0 Å². The van der Waals surface area contributed by atoms with Crippen LogP contribution in [0.5, 0.6) is 0 Å². The van der Waals surface area contributed by atoms with Gasteiger partial charge in [-0.2, -0.15) is 0 Å². The largest absolute Gasteiger partial charge is 0.0622 e. The zero-order valence-electron chi connectivity index (χ0n) is 20.0. The van der Waals surface area contributed by atoms with Gasteiger partial charge in [-0.3, -0.25) is 0 Å².